The van der Waals surface area contributed by atoms with Gasteiger partial charge >= 0.3 is 0 Å². The summed E-state index contributed by atoms with van der Waals surface area (Å²) in [4.78, 5) is 39.4. The normalized spacial score (nSPS) is 13.6. The third-order valence-corrected chi connectivity index (χ3v) is 5.40. The Morgan fingerprint density at radius 3 is 1.61 bits per heavy atom. The van der Waals surface area contributed by atoms with Crippen LogP contribution >= 0.6 is 46.4 Å². The van der Waals surface area contributed by atoms with Gasteiger partial charge < -0.3 is 4.90 Å². The minimum atomic E-state index is -0.712. The van der Waals surface area contributed by atoms with Crippen molar-refractivity contribution in [3.05, 3.63) is 31.2 Å². The fourth-order valence-electron chi connectivity index (χ4n) is 2.35. The molecule has 0 unspecified atom stereocenters. The van der Waals surface area contributed by atoms with Crippen LogP contribution in [-0.2, 0) is 4.79 Å². The Bertz CT molecular complexity index is 670. The van der Waals surface area contributed by atoms with Gasteiger partial charge in [-0.2, -0.15) is 0 Å². The lowest BCUT2D eigenvalue weighted by Gasteiger charge is -2.21. The lowest BCUT2D eigenvalue weighted by Crippen LogP contribution is -2.42. The molecule has 23 heavy (non-hydrogen) atoms. The quantitative estimate of drug-likeness (QED) is 0.441. The first-order valence-electron chi connectivity index (χ1n) is 6.76. The van der Waals surface area contributed by atoms with E-state index in [2.05, 4.69) is 0 Å². The molecule has 0 aliphatic carbocycles. The Morgan fingerprint density at radius 1 is 0.870 bits per heavy atom. The molecule has 2 rings (SSSR count). The minimum absolute atomic E-state index is 0.102. The number of amides is 3. The van der Waals surface area contributed by atoms with Gasteiger partial charge in [0.05, 0.1) is 31.2 Å². The third kappa shape index (κ3) is 2.91. The third-order valence-electron chi connectivity index (χ3n) is 3.59. The van der Waals surface area contributed by atoms with E-state index in [9.17, 15) is 14.4 Å². The summed E-state index contributed by atoms with van der Waals surface area (Å²) in [5.41, 5.74) is -0.244. The van der Waals surface area contributed by atoms with Crippen molar-refractivity contribution in [2.45, 2.75) is 13.8 Å². The van der Waals surface area contributed by atoms with Crippen LogP contribution in [0, 0.1) is 0 Å². The number of hydrogen-bond acceptors (Lipinski definition) is 3. The highest BCUT2D eigenvalue weighted by Crippen LogP contribution is 2.44. The predicted molar refractivity (Wildman–Crippen MR) is 89.8 cm³/mol. The second kappa shape index (κ2) is 6.85. The Hall–Kier alpha value is -1.01. The molecule has 3 amide bonds. The van der Waals surface area contributed by atoms with Crippen LogP contribution in [0.2, 0.25) is 20.1 Å². The molecule has 0 atom stereocenters. The molecule has 1 aliphatic heterocycles. The molecule has 0 fully saturated rings. The first kappa shape index (κ1) is 18.3. The standard InChI is InChI=1S/C14H12Cl4N2O3/c1-3-19(4-2)6(21)5-20-13(22)7-8(14(20)23)10(16)12(18)11(17)9(7)15/h3-5H2,1-2H3. The number of nitrogens with zero attached hydrogens (tertiary/aromatic N) is 2. The molecular formula is C14H12Cl4N2O3. The van der Waals surface area contributed by atoms with Crippen LogP contribution in [0.5, 0.6) is 0 Å². The largest absolute Gasteiger partial charge is 0.342 e. The molecule has 0 aromatic heterocycles. The summed E-state index contributed by atoms with van der Waals surface area (Å²) in [7, 11) is 0. The van der Waals surface area contributed by atoms with Gasteiger partial charge in [-0.05, 0) is 13.8 Å². The van der Waals surface area contributed by atoms with E-state index in [4.69, 9.17) is 46.4 Å². The van der Waals surface area contributed by atoms with Crippen LogP contribution in [0.3, 0.4) is 0 Å². The SMILES string of the molecule is CCN(CC)C(=O)CN1C(=O)c2c(Cl)c(Cl)c(Cl)c(Cl)c2C1=O. The molecule has 9 heteroatoms. The number of carbonyl (C=O) groups excluding carboxylic acids is 3. The molecule has 1 aliphatic rings. The van der Waals surface area contributed by atoms with Crippen LogP contribution in [0.15, 0.2) is 0 Å². The molecule has 5 nitrogen and oxygen atoms in total. The molecule has 0 saturated carbocycles. The van der Waals surface area contributed by atoms with Crippen LogP contribution in [0.1, 0.15) is 34.6 Å². The van der Waals surface area contributed by atoms with E-state index in [1.807, 2.05) is 0 Å². The van der Waals surface area contributed by atoms with E-state index < -0.39 is 18.4 Å². The smallest absolute Gasteiger partial charge is 0.263 e. The highest BCUT2D eigenvalue weighted by Gasteiger charge is 2.42. The first-order valence-corrected chi connectivity index (χ1v) is 8.27. The number of carbonyl (C=O) groups is 3. The van der Waals surface area contributed by atoms with Gasteiger partial charge in [-0.3, -0.25) is 19.3 Å². The maximum Gasteiger partial charge on any atom is 0.263 e. The minimum Gasteiger partial charge on any atom is -0.342 e. The fraction of sp³-hybridized carbons (Fsp3) is 0.357. The molecule has 124 valence electrons. The van der Waals surface area contributed by atoms with Crippen LogP contribution < -0.4 is 0 Å². The average Bonchev–Trinajstić information content (AvgIpc) is 2.76. The zero-order chi connectivity index (χ0) is 17.5. The van der Waals surface area contributed by atoms with E-state index in [0.29, 0.717) is 13.1 Å². The topological polar surface area (TPSA) is 57.7 Å². The molecule has 0 N–H and O–H groups in total. The Morgan fingerprint density at radius 2 is 1.26 bits per heavy atom. The highest BCUT2D eigenvalue weighted by atomic mass is 35.5. The highest BCUT2D eigenvalue weighted by molar-refractivity contribution is 6.55. The summed E-state index contributed by atoms with van der Waals surface area (Å²) in [5, 5.41) is -0.496. The summed E-state index contributed by atoms with van der Waals surface area (Å²) < 4.78 is 0. The zero-order valence-corrected chi connectivity index (χ0v) is 15.3. The van der Waals surface area contributed by atoms with E-state index in [1.54, 1.807) is 13.8 Å². The number of hydrogen-bond donors (Lipinski definition) is 0. The second-order valence-corrected chi connectivity index (χ2v) is 6.28. The summed E-state index contributed by atoms with van der Waals surface area (Å²) in [5.74, 6) is -1.78. The predicted octanol–water partition coefficient (Wildman–Crippen LogP) is 3.76. The van der Waals surface area contributed by atoms with Crippen molar-refractivity contribution in [1.29, 1.82) is 0 Å². The lowest BCUT2D eigenvalue weighted by molar-refractivity contribution is -0.131. The Kier molecular flexibility index (Phi) is 5.46. The van der Waals surface area contributed by atoms with Gasteiger partial charge in [-0.15, -0.1) is 0 Å². The Labute approximate surface area is 153 Å². The van der Waals surface area contributed by atoms with Gasteiger partial charge in [0.15, 0.2) is 0 Å². The molecule has 0 bridgehead atoms. The molecule has 1 aromatic rings. The van der Waals surface area contributed by atoms with Crippen molar-refractivity contribution in [1.82, 2.24) is 9.80 Å². The maximum absolute atomic E-state index is 12.5. The number of likely N-dealkylation sites (N-methyl/N-ethyl adjacent to an activating group) is 1. The number of halogens is 4. The van der Waals surface area contributed by atoms with E-state index in [-0.39, 0.29) is 37.1 Å². The van der Waals surface area contributed by atoms with E-state index >= 15 is 0 Å². The maximum atomic E-state index is 12.5. The van der Waals surface area contributed by atoms with Gasteiger partial charge in [-0.25, -0.2) is 0 Å². The monoisotopic (exact) mass is 396 g/mol. The summed E-state index contributed by atoms with van der Waals surface area (Å²) >= 11 is 23.9. The molecule has 1 aromatic carbocycles. The van der Waals surface area contributed by atoms with Crippen LogP contribution in [0.25, 0.3) is 0 Å². The molecular weight excluding hydrogens is 386 g/mol. The summed E-state index contributed by atoms with van der Waals surface area (Å²) in [6, 6.07) is 0. The fourth-order valence-corrected chi connectivity index (χ4v) is 3.36. The average molecular weight is 398 g/mol. The van der Waals surface area contributed by atoms with Crippen molar-refractivity contribution >= 4 is 64.1 Å². The van der Waals surface area contributed by atoms with Crippen molar-refractivity contribution in [3.8, 4) is 0 Å². The molecule has 1 heterocycles. The second-order valence-electron chi connectivity index (χ2n) is 4.77. The number of benzene rings is 1. The Balaban J connectivity index is 2.44. The summed E-state index contributed by atoms with van der Waals surface area (Å²) in [6.07, 6.45) is 0. The molecule has 0 saturated heterocycles. The van der Waals surface area contributed by atoms with Gasteiger partial charge in [-0.1, -0.05) is 46.4 Å². The van der Waals surface area contributed by atoms with Crippen LogP contribution in [0.4, 0.5) is 0 Å². The van der Waals surface area contributed by atoms with Gasteiger partial charge in [0, 0.05) is 13.1 Å². The van der Waals surface area contributed by atoms with Crippen LogP contribution in [-0.4, -0.2) is 47.2 Å². The van der Waals surface area contributed by atoms with Crippen molar-refractivity contribution in [2.24, 2.45) is 0 Å². The van der Waals surface area contributed by atoms with Gasteiger partial charge in [0.25, 0.3) is 11.8 Å². The number of fused-ring (bicyclic) bond motifs is 1. The summed E-state index contributed by atoms with van der Waals surface area (Å²) in [6.45, 7) is 4.15. The van der Waals surface area contributed by atoms with E-state index in [1.165, 1.54) is 4.90 Å². The van der Waals surface area contributed by atoms with Gasteiger partial charge in [0.2, 0.25) is 5.91 Å². The number of imide groups is 1. The molecule has 0 spiro atoms. The number of rotatable bonds is 4. The first-order chi connectivity index (χ1) is 10.8. The molecule has 0 radical (unpaired) electrons. The van der Waals surface area contributed by atoms with Gasteiger partial charge in [0.1, 0.15) is 6.54 Å². The van der Waals surface area contributed by atoms with Crippen molar-refractivity contribution in [2.75, 3.05) is 19.6 Å². The van der Waals surface area contributed by atoms with Crippen molar-refractivity contribution in [3.63, 3.8) is 0 Å². The lowest BCUT2D eigenvalue weighted by atomic mass is 10.1. The zero-order valence-electron chi connectivity index (χ0n) is 12.3. The van der Waals surface area contributed by atoms with Crippen molar-refractivity contribution < 1.29 is 14.4 Å². The van der Waals surface area contributed by atoms with E-state index in [0.717, 1.165) is 4.90 Å².